The van der Waals surface area contributed by atoms with Crippen molar-refractivity contribution in [1.82, 2.24) is 9.88 Å². The summed E-state index contributed by atoms with van der Waals surface area (Å²) in [7, 11) is 0. The van der Waals surface area contributed by atoms with Crippen molar-refractivity contribution in [1.29, 1.82) is 0 Å². The molecule has 0 saturated carbocycles. The van der Waals surface area contributed by atoms with E-state index in [0.29, 0.717) is 44.2 Å². The van der Waals surface area contributed by atoms with Crippen molar-refractivity contribution >= 4 is 34.7 Å². The van der Waals surface area contributed by atoms with Crippen LogP contribution in [0.5, 0.6) is 0 Å². The molecule has 1 N–H and O–H groups in total. The van der Waals surface area contributed by atoms with Crippen molar-refractivity contribution in [2.75, 3.05) is 42.9 Å². The van der Waals surface area contributed by atoms with Crippen LogP contribution in [0.2, 0.25) is 5.02 Å². The van der Waals surface area contributed by atoms with E-state index in [-0.39, 0.29) is 23.0 Å². The fourth-order valence-corrected chi connectivity index (χ4v) is 3.44. The summed E-state index contributed by atoms with van der Waals surface area (Å²) in [6, 6.07) is 6.44. The van der Waals surface area contributed by atoms with Crippen molar-refractivity contribution in [2.24, 2.45) is 0 Å². The highest BCUT2D eigenvalue weighted by Crippen LogP contribution is 2.33. The minimum atomic E-state index is -4.50. The molecule has 2 heterocycles. The van der Waals surface area contributed by atoms with Gasteiger partial charge in [0.1, 0.15) is 5.82 Å². The molecule has 2 aromatic rings. The maximum atomic E-state index is 12.8. The zero-order valence-electron chi connectivity index (χ0n) is 16.2. The number of nitro groups is 1. The second-order valence-corrected chi connectivity index (χ2v) is 7.37. The average molecular weight is 458 g/mol. The summed E-state index contributed by atoms with van der Waals surface area (Å²) in [4.78, 5) is 30.0. The highest BCUT2D eigenvalue weighted by atomic mass is 35.5. The minimum Gasteiger partial charge on any atom is -0.353 e. The SMILES string of the molecule is O=C(CCN1CCN(c2ncc(C(F)(F)F)cc2Cl)CC1)Nc1ccc([N+](=O)[O-])cc1. The second kappa shape index (κ2) is 9.48. The fraction of sp³-hybridized carbons (Fsp3) is 0.368. The third-order valence-corrected chi connectivity index (χ3v) is 5.12. The molecule has 3 rings (SSSR count). The number of piperazine rings is 1. The van der Waals surface area contributed by atoms with Gasteiger partial charge in [0.2, 0.25) is 5.91 Å². The van der Waals surface area contributed by atoms with Crippen LogP contribution in [0, 0.1) is 10.1 Å². The molecule has 1 amide bonds. The van der Waals surface area contributed by atoms with Crippen LogP contribution in [0.1, 0.15) is 12.0 Å². The van der Waals surface area contributed by atoms with Gasteiger partial charge in [-0.15, -0.1) is 0 Å². The van der Waals surface area contributed by atoms with Crippen LogP contribution in [0.3, 0.4) is 0 Å². The first-order chi connectivity index (χ1) is 14.6. The van der Waals surface area contributed by atoms with Gasteiger partial charge in [0.15, 0.2) is 0 Å². The molecule has 1 aliphatic heterocycles. The van der Waals surface area contributed by atoms with E-state index in [2.05, 4.69) is 15.2 Å². The van der Waals surface area contributed by atoms with Gasteiger partial charge in [-0.05, 0) is 18.2 Å². The molecule has 1 aromatic heterocycles. The number of hydrogen-bond donors (Lipinski definition) is 1. The van der Waals surface area contributed by atoms with E-state index < -0.39 is 16.7 Å². The number of carbonyl (C=O) groups is 1. The van der Waals surface area contributed by atoms with Gasteiger partial charge in [0.05, 0.1) is 15.5 Å². The predicted octanol–water partition coefficient (Wildman–Crippen LogP) is 3.81. The smallest absolute Gasteiger partial charge is 0.353 e. The minimum absolute atomic E-state index is 0.0502. The van der Waals surface area contributed by atoms with Crippen molar-refractivity contribution in [3.63, 3.8) is 0 Å². The van der Waals surface area contributed by atoms with Gasteiger partial charge in [0, 0.05) is 63.2 Å². The number of nitrogens with zero attached hydrogens (tertiary/aromatic N) is 4. The molecule has 1 fully saturated rings. The van der Waals surface area contributed by atoms with Crippen molar-refractivity contribution in [2.45, 2.75) is 12.6 Å². The largest absolute Gasteiger partial charge is 0.417 e. The van der Waals surface area contributed by atoms with E-state index in [0.717, 1.165) is 12.3 Å². The van der Waals surface area contributed by atoms with Crippen molar-refractivity contribution in [3.8, 4) is 0 Å². The lowest BCUT2D eigenvalue weighted by Gasteiger charge is -2.35. The van der Waals surface area contributed by atoms with Gasteiger partial charge in [-0.25, -0.2) is 4.98 Å². The number of pyridine rings is 1. The molecule has 8 nitrogen and oxygen atoms in total. The molecule has 0 spiro atoms. The first-order valence-electron chi connectivity index (χ1n) is 9.38. The quantitative estimate of drug-likeness (QED) is 0.524. The van der Waals surface area contributed by atoms with Crippen LogP contribution in [0.4, 0.5) is 30.4 Å². The molecule has 12 heteroatoms. The van der Waals surface area contributed by atoms with Crippen LogP contribution in [-0.4, -0.2) is 53.4 Å². The first-order valence-corrected chi connectivity index (χ1v) is 9.75. The maximum Gasteiger partial charge on any atom is 0.417 e. The van der Waals surface area contributed by atoms with Gasteiger partial charge in [-0.3, -0.25) is 19.8 Å². The number of amides is 1. The molecule has 1 saturated heterocycles. The van der Waals surface area contributed by atoms with Gasteiger partial charge in [0.25, 0.3) is 5.69 Å². The summed E-state index contributed by atoms with van der Waals surface area (Å²) < 4.78 is 38.3. The summed E-state index contributed by atoms with van der Waals surface area (Å²) in [5.41, 5.74) is -0.471. The third-order valence-electron chi connectivity index (χ3n) is 4.84. The summed E-state index contributed by atoms with van der Waals surface area (Å²) in [5, 5.41) is 13.3. The normalized spacial score (nSPS) is 15.0. The van der Waals surface area contributed by atoms with E-state index in [1.54, 1.807) is 0 Å². The summed E-state index contributed by atoms with van der Waals surface area (Å²) in [5.74, 6) is 0.0916. The highest BCUT2D eigenvalue weighted by Gasteiger charge is 2.32. The molecule has 0 radical (unpaired) electrons. The van der Waals surface area contributed by atoms with Crippen LogP contribution in [0.25, 0.3) is 0 Å². The Morgan fingerprint density at radius 1 is 1.19 bits per heavy atom. The predicted molar refractivity (Wildman–Crippen MR) is 109 cm³/mol. The Morgan fingerprint density at radius 2 is 1.84 bits per heavy atom. The Kier molecular flexibility index (Phi) is 6.96. The molecule has 0 bridgehead atoms. The number of halogens is 4. The summed E-state index contributed by atoms with van der Waals surface area (Å²) in [6.45, 7) is 2.73. The lowest BCUT2D eigenvalue weighted by Crippen LogP contribution is -2.47. The van der Waals surface area contributed by atoms with E-state index in [9.17, 15) is 28.1 Å². The molecule has 0 atom stereocenters. The Balaban J connectivity index is 1.46. The van der Waals surface area contributed by atoms with Gasteiger partial charge < -0.3 is 10.2 Å². The standard InChI is InChI=1S/C19H19ClF3N5O3/c20-16-11-13(19(21,22)23)12-24-18(16)27-9-7-26(8-10-27)6-5-17(29)25-14-1-3-15(4-2-14)28(30)31/h1-4,11-12H,5-10H2,(H,25,29). The summed E-state index contributed by atoms with van der Waals surface area (Å²) >= 11 is 6.00. The highest BCUT2D eigenvalue weighted by molar-refractivity contribution is 6.33. The second-order valence-electron chi connectivity index (χ2n) is 6.96. The van der Waals surface area contributed by atoms with Crippen LogP contribution >= 0.6 is 11.6 Å². The Labute approximate surface area is 180 Å². The van der Waals surface area contributed by atoms with E-state index in [1.165, 1.54) is 24.3 Å². The molecule has 1 aliphatic rings. The van der Waals surface area contributed by atoms with Crippen LogP contribution < -0.4 is 10.2 Å². The van der Waals surface area contributed by atoms with Gasteiger partial charge >= 0.3 is 6.18 Å². The maximum absolute atomic E-state index is 12.8. The number of nitro benzene ring substituents is 1. The molecular weight excluding hydrogens is 439 g/mol. The number of non-ortho nitro benzene ring substituents is 1. The molecule has 0 unspecified atom stereocenters. The van der Waals surface area contributed by atoms with E-state index in [1.807, 2.05) is 4.90 Å². The number of hydrogen-bond acceptors (Lipinski definition) is 6. The van der Waals surface area contributed by atoms with Crippen LogP contribution in [-0.2, 0) is 11.0 Å². The number of anilines is 2. The zero-order chi connectivity index (χ0) is 22.6. The molecule has 31 heavy (non-hydrogen) atoms. The third kappa shape index (κ3) is 6.05. The van der Waals surface area contributed by atoms with Gasteiger partial charge in [-0.1, -0.05) is 11.6 Å². The zero-order valence-corrected chi connectivity index (χ0v) is 17.0. The summed E-state index contributed by atoms with van der Waals surface area (Å²) in [6.07, 6.45) is -3.49. The Bertz CT molecular complexity index is 948. The van der Waals surface area contributed by atoms with E-state index in [4.69, 9.17) is 11.6 Å². The first kappa shape index (κ1) is 22.8. The number of alkyl halides is 3. The molecule has 166 valence electrons. The van der Waals surface area contributed by atoms with E-state index >= 15 is 0 Å². The Morgan fingerprint density at radius 3 is 2.39 bits per heavy atom. The van der Waals surface area contributed by atoms with Crippen molar-refractivity contribution < 1.29 is 22.9 Å². The number of benzene rings is 1. The monoisotopic (exact) mass is 457 g/mol. The number of carbonyl (C=O) groups excluding carboxylic acids is 1. The average Bonchev–Trinajstić information content (AvgIpc) is 2.72. The molecular formula is C19H19ClF3N5O3. The Hall–Kier alpha value is -2.92. The molecule has 0 aliphatic carbocycles. The van der Waals surface area contributed by atoms with Crippen molar-refractivity contribution in [3.05, 3.63) is 57.2 Å². The van der Waals surface area contributed by atoms with Gasteiger partial charge in [-0.2, -0.15) is 13.2 Å². The number of nitrogens with one attached hydrogen (secondary N) is 1. The topological polar surface area (TPSA) is 91.6 Å². The molecule has 1 aromatic carbocycles. The number of rotatable bonds is 6. The van der Waals surface area contributed by atoms with Crippen LogP contribution in [0.15, 0.2) is 36.5 Å². The lowest BCUT2D eigenvalue weighted by molar-refractivity contribution is -0.384. The number of aromatic nitrogens is 1. The fourth-order valence-electron chi connectivity index (χ4n) is 3.15. The lowest BCUT2D eigenvalue weighted by atomic mass is 10.2.